The van der Waals surface area contributed by atoms with E-state index in [1.54, 1.807) is 18.2 Å². The summed E-state index contributed by atoms with van der Waals surface area (Å²) < 4.78 is 32.3. The highest BCUT2D eigenvalue weighted by atomic mass is 32.2. The third-order valence-corrected chi connectivity index (χ3v) is 10.6. The normalized spacial score (nSPS) is 24.2. The Labute approximate surface area is 216 Å². The standard InChI is InChI=1S/C22H25N3O8S3/c1-13(26)33-10-14-11-35-21-18(20(28)25(21)19(14)22(29)30)23-16(27)12-34-17-8-5-9-24(17)36(31,32)15-6-3-2-4-7-15/h2-4,6-7,17-18,21H,5,8-12H2,1H3,(H,23,27)(H,29,30)/t17?,18-,21-/m1/s1. The van der Waals surface area contributed by atoms with Crippen molar-refractivity contribution in [3.05, 3.63) is 41.6 Å². The molecular formula is C22H25N3O8S3. The highest BCUT2D eigenvalue weighted by Gasteiger charge is 2.54. The SMILES string of the molecule is CC(=O)OCC1=C(C(=O)O)N2C(=O)[C@@H](NC(=O)CSC3CCCN3S(=O)(=O)c3ccccc3)[C@H]2SC1. The van der Waals surface area contributed by atoms with E-state index < -0.39 is 50.6 Å². The van der Waals surface area contributed by atoms with E-state index in [0.29, 0.717) is 25.0 Å². The van der Waals surface area contributed by atoms with Gasteiger partial charge < -0.3 is 15.2 Å². The summed E-state index contributed by atoms with van der Waals surface area (Å²) in [5.41, 5.74) is 0.0890. The molecule has 3 aliphatic rings. The first-order chi connectivity index (χ1) is 17.1. The Kier molecular flexibility index (Phi) is 7.97. The first kappa shape index (κ1) is 26.5. The molecule has 4 rings (SSSR count). The van der Waals surface area contributed by atoms with Gasteiger partial charge in [0.15, 0.2) is 0 Å². The molecule has 1 aromatic carbocycles. The number of nitrogens with one attached hydrogen (secondary N) is 1. The third-order valence-electron chi connectivity index (χ3n) is 5.92. The molecule has 14 heteroatoms. The molecule has 0 aromatic heterocycles. The molecule has 2 N–H and O–H groups in total. The van der Waals surface area contributed by atoms with Crippen LogP contribution < -0.4 is 5.32 Å². The van der Waals surface area contributed by atoms with Gasteiger partial charge in [-0.2, -0.15) is 4.31 Å². The first-order valence-electron chi connectivity index (χ1n) is 11.1. The molecule has 2 amide bonds. The number of esters is 1. The highest BCUT2D eigenvalue weighted by molar-refractivity contribution is 8.01. The van der Waals surface area contributed by atoms with Gasteiger partial charge in [0.05, 0.1) is 16.0 Å². The molecule has 0 spiro atoms. The van der Waals surface area contributed by atoms with E-state index in [0.717, 1.165) is 4.90 Å². The number of β-lactam (4-membered cyclic amide) rings is 1. The maximum Gasteiger partial charge on any atom is 0.352 e. The lowest BCUT2D eigenvalue weighted by molar-refractivity contribution is -0.150. The second-order valence-electron chi connectivity index (χ2n) is 8.33. The lowest BCUT2D eigenvalue weighted by Gasteiger charge is -2.49. The van der Waals surface area contributed by atoms with Gasteiger partial charge in [-0.1, -0.05) is 18.2 Å². The molecule has 1 unspecified atom stereocenters. The van der Waals surface area contributed by atoms with Crippen LogP contribution in [0.2, 0.25) is 0 Å². The van der Waals surface area contributed by atoms with Crippen LogP contribution in [-0.4, -0.2) is 87.9 Å². The second-order valence-corrected chi connectivity index (χ2v) is 12.5. The number of thioether (sulfide) groups is 2. The number of hydrogen-bond acceptors (Lipinski definition) is 9. The van der Waals surface area contributed by atoms with E-state index in [2.05, 4.69) is 5.32 Å². The number of fused-ring (bicyclic) bond motifs is 1. The highest BCUT2D eigenvalue weighted by Crippen LogP contribution is 2.40. The fraction of sp³-hybridized carbons (Fsp3) is 0.455. The summed E-state index contributed by atoms with van der Waals surface area (Å²) in [5, 5.41) is 11.3. The Morgan fingerprint density at radius 1 is 1.25 bits per heavy atom. The smallest absolute Gasteiger partial charge is 0.352 e. The number of carboxylic acid groups (broad SMARTS) is 1. The summed E-state index contributed by atoms with van der Waals surface area (Å²) >= 11 is 2.47. The fourth-order valence-electron chi connectivity index (χ4n) is 4.25. The zero-order valence-electron chi connectivity index (χ0n) is 19.3. The minimum atomic E-state index is -3.68. The maximum absolute atomic E-state index is 13.0. The molecule has 36 heavy (non-hydrogen) atoms. The van der Waals surface area contributed by atoms with E-state index in [1.807, 2.05) is 0 Å². The van der Waals surface area contributed by atoms with Gasteiger partial charge in [0.25, 0.3) is 5.91 Å². The number of benzene rings is 1. The number of ether oxygens (including phenoxy) is 1. The molecule has 3 atom stereocenters. The second kappa shape index (κ2) is 10.8. The molecule has 11 nitrogen and oxygen atoms in total. The number of rotatable bonds is 9. The van der Waals surface area contributed by atoms with Crippen molar-refractivity contribution < 1.29 is 37.4 Å². The molecule has 3 heterocycles. The maximum atomic E-state index is 13.0. The zero-order valence-corrected chi connectivity index (χ0v) is 21.7. The molecule has 2 fully saturated rings. The van der Waals surface area contributed by atoms with Gasteiger partial charge in [-0.15, -0.1) is 23.5 Å². The Hall–Kier alpha value is -2.55. The van der Waals surface area contributed by atoms with Crippen LogP contribution in [0.1, 0.15) is 19.8 Å². The summed E-state index contributed by atoms with van der Waals surface area (Å²) in [4.78, 5) is 49.6. The van der Waals surface area contributed by atoms with Crippen LogP contribution in [0.3, 0.4) is 0 Å². The number of aliphatic carboxylic acids is 1. The van der Waals surface area contributed by atoms with Gasteiger partial charge in [0.1, 0.15) is 23.7 Å². The quantitative estimate of drug-likeness (QED) is 0.331. The summed E-state index contributed by atoms with van der Waals surface area (Å²) in [6.07, 6.45) is 1.29. The van der Waals surface area contributed by atoms with Crippen molar-refractivity contribution in [2.24, 2.45) is 0 Å². The van der Waals surface area contributed by atoms with E-state index in [-0.39, 0.29) is 28.7 Å². The van der Waals surface area contributed by atoms with Crippen molar-refractivity contribution in [1.29, 1.82) is 0 Å². The van der Waals surface area contributed by atoms with E-state index in [4.69, 9.17) is 4.74 Å². The van der Waals surface area contributed by atoms with Crippen LogP contribution in [-0.2, 0) is 33.9 Å². The molecular weight excluding hydrogens is 530 g/mol. The van der Waals surface area contributed by atoms with E-state index in [1.165, 1.54) is 46.9 Å². The monoisotopic (exact) mass is 555 g/mol. The number of carbonyl (C=O) groups is 4. The first-order valence-corrected chi connectivity index (χ1v) is 14.7. The molecule has 2 saturated heterocycles. The minimum Gasteiger partial charge on any atom is -0.477 e. The molecule has 194 valence electrons. The van der Waals surface area contributed by atoms with Crippen molar-refractivity contribution in [1.82, 2.24) is 14.5 Å². The number of carbonyl (C=O) groups excluding carboxylic acids is 3. The Balaban J connectivity index is 1.35. The average molecular weight is 556 g/mol. The Morgan fingerprint density at radius 3 is 2.64 bits per heavy atom. The van der Waals surface area contributed by atoms with Gasteiger partial charge in [0, 0.05) is 24.8 Å². The molecule has 0 aliphatic carbocycles. The minimum absolute atomic E-state index is 0.0496. The fourth-order valence-corrected chi connectivity index (χ4v) is 8.69. The lowest BCUT2D eigenvalue weighted by Crippen LogP contribution is -2.70. The zero-order chi connectivity index (χ0) is 26.0. The van der Waals surface area contributed by atoms with Crippen LogP contribution in [0, 0.1) is 0 Å². The van der Waals surface area contributed by atoms with Gasteiger partial charge in [-0.05, 0) is 25.0 Å². The van der Waals surface area contributed by atoms with E-state index >= 15 is 0 Å². The van der Waals surface area contributed by atoms with Gasteiger partial charge in [-0.25, -0.2) is 13.2 Å². The van der Waals surface area contributed by atoms with E-state index in [9.17, 15) is 32.7 Å². The topological polar surface area (TPSA) is 150 Å². The van der Waals surface area contributed by atoms with Crippen LogP contribution in [0.4, 0.5) is 0 Å². The summed E-state index contributed by atoms with van der Waals surface area (Å²) in [7, 11) is -3.68. The molecule has 1 aromatic rings. The number of amides is 2. The van der Waals surface area contributed by atoms with Gasteiger partial charge in [0.2, 0.25) is 15.9 Å². The van der Waals surface area contributed by atoms with Gasteiger partial charge in [-0.3, -0.25) is 19.3 Å². The van der Waals surface area contributed by atoms with Crippen LogP contribution in [0.25, 0.3) is 0 Å². The predicted molar refractivity (Wildman–Crippen MR) is 132 cm³/mol. The third kappa shape index (κ3) is 5.26. The predicted octanol–water partition coefficient (Wildman–Crippen LogP) is 0.832. The van der Waals surface area contributed by atoms with Crippen LogP contribution >= 0.6 is 23.5 Å². The van der Waals surface area contributed by atoms with Crippen molar-refractivity contribution in [3.8, 4) is 0 Å². The Morgan fingerprint density at radius 2 is 1.97 bits per heavy atom. The number of nitrogens with zero attached hydrogens (tertiary/aromatic N) is 2. The van der Waals surface area contributed by atoms with Crippen LogP contribution in [0.15, 0.2) is 46.5 Å². The van der Waals surface area contributed by atoms with Gasteiger partial charge >= 0.3 is 11.9 Å². The van der Waals surface area contributed by atoms with Crippen molar-refractivity contribution in [2.45, 2.75) is 41.5 Å². The number of hydrogen-bond donors (Lipinski definition) is 2. The number of sulfonamides is 1. The Bertz CT molecular complexity index is 1200. The largest absolute Gasteiger partial charge is 0.477 e. The molecule has 0 radical (unpaired) electrons. The number of carboxylic acids is 1. The van der Waals surface area contributed by atoms with Crippen molar-refractivity contribution >= 4 is 57.3 Å². The molecule has 0 saturated carbocycles. The molecule has 3 aliphatic heterocycles. The summed E-state index contributed by atoms with van der Waals surface area (Å²) in [5.74, 6) is -2.68. The average Bonchev–Trinajstić information content (AvgIpc) is 3.34. The van der Waals surface area contributed by atoms with Crippen molar-refractivity contribution in [3.63, 3.8) is 0 Å². The summed E-state index contributed by atoms with van der Waals surface area (Å²) in [6, 6.07) is 7.24. The summed E-state index contributed by atoms with van der Waals surface area (Å²) in [6.45, 7) is 1.35. The lowest BCUT2D eigenvalue weighted by atomic mass is 10.0. The van der Waals surface area contributed by atoms with Crippen LogP contribution in [0.5, 0.6) is 0 Å². The van der Waals surface area contributed by atoms with Crippen molar-refractivity contribution in [2.75, 3.05) is 24.7 Å². The molecule has 0 bridgehead atoms.